The van der Waals surface area contributed by atoms with Gasteiger partial charge in [0.15, 0.2) is 12.7 Å². The molecule has 0 aliphatic carbocycles. The number of aliphatic hydroxyl groups excluding tert-OH is 1. The minimum Gasteiger partial charge on any atom is -0.463 e. The predicted molar refractivity (Wildman–Crippen MR) is 48.5 cm³/mol. The van der Waals surface area contributed by atoms with Crippen LogP contribution >= 0.6 is 0 Å². The molecular formula is C9H16O5. The molecule has 0 bridgehead atoms. The molecule has 0 radical (unpaired) electrons. The van der Waals surface area contributed by atoms with Gasteiger partial charge in [-0.25, -0.2) is 9.59 Å². The number of carbonyl (C=O) groups excluding carboxylic acids is 2. The molecule has 0 aliphatic rings. The van der Waals surface area contributed by atoms with E-state index in [4.69, 9.17) is 5.11 Å². The summed E-state index contributed by atoms with van der Waals surface area (Å²) in [5.41, 5.74) is 0. The molecule has 0 rings (SSSR count). The van der Waals surface area contributed by atoms with E-state index >= 15 is 0 Å². The Hall–Kier alpha value is -1.10. The van der Waals surface area contributed by atoms with Gasteiger partial charge in [-0.05, 0) is 13.3 Å². The van der Waals surface area contributed by atoms with E-state index in [1.807, 2.05) is 6.92 Å². The van der Waals surface area contributed by atoms with Crippen molar-refractivity contribution in [3.05, 3.63) is 0 Å². The summed E-state index contributed by atoms with van der Waals surface area (Å²) in [6.45, 7) is 3.30. The van der Waals surface area contributed by atoms with Crippen molar-refractivity contribution in [2.75, 3.05) is 13.2 Å². The van der Waals surface area contributed by atoms with Gasteiger partial charge in [-0.15, -0.1) is 0 Å². The number of aliphatic hydroxyl groups is 1. The third-order valence-electron chi connectivity index (χ3n) is 1.47. The maximum absolute atomic E-state index is 11.0. The van der Waals surface area contributed by atoms with Crippen molar-refractivity contribution in [2.45, 2.75) is 32.8 Å². The summed E-state index contributed by atoms with van der Waals surface area (Å²) in [5.74, 6) is -1.38. The van der Waals surface area contributed by atoms with Crippen molar-refractivity contribution in [1.29, 1.82) is 0 Å². The van der Waals surface area contributed by atoms with Gasteiger partial charge in [-0.2, -0.15) is 0 Å². The maximum atomic E-state index is 11.0. The predicted octanol–water partition coefficient (Wildman–Crippen LogP) is 0.254. The normalized spacial score (nSPS) is 11.9. The Morgan fingerprint density at radius 1 is 1.29 bits per heavy atom. The number of hydrogen-bond acceptors (Lipinski definition) is 5. The zero-order chi connectivity index (χ0) is 11.0. The van der Waals surface area contributed by atoms with Crippen molar-refractivity contribution in [3.63, 3.8) is 0 Å². The van der Waals surface area contributed by atoms with Crippen LogP contribution in [-0.2, 0) is 19.1 Å². The molecule has 0 aliphatic heterocycles. The highest BCUT2D eigenvalue weighted by molar-refractivity contribution is 5.78. The van der Waals surface area contributed by atoms with Crippen LogP contribution in [0.3, 0.4) is 0 Å². The van der Waals surface area contributed by atoms with Crippen molar-refractivity contribution in [3.8, 4) is 0 Å². The Morgan fingerprint density at radius 3 is 2.43 bits per heavy atom. The number of carbonyl (C=O) groups is 2. The van der Waals surface area contributed by atoms with Crippen molar-refractivity contribution >= 4 is 11.9 Å². The molecule has 14 heavy (non-hydrogen) atoms. The van der Waals surface area contributed by atoms with E-state index in [1.165, 1.54) is 0 Å². The number of rotatable bonds is 6. The van der Waals surface area contributed by atoms with Gasteiger partial charge in [0, 0.05) is 0 Å². The van der Waals surface area contributed by atoms with Gasteiger partial charge in [-0.1, -0.05) is 13.3 Å². The average Bonchev–Trinajstić information content (AvgIpc) is 2.15. The average molecular weight is 204 g/mol. The first kappa shape index (κ1) is 12.9. The minimum atomic E-state index is -1.14. The topological polar surface area (TPSA) is 72.8 Å². The molecule has 1 N–H and O–H groups in total. The third kappa shape index (κ3) is 5.53. The molecule has 0 aromatic heterocycles. The number of ether oxygens (including phenoxy) is 2. The van der Waals surface area contributed by atoms with Gasteiger partial charge < -0.3 is 14.6 Å². The molecular weight excluding hydrogens is 188 g/mol. The van der Waals surface area contributed by atoms with E-state index in [2.05, 4.69) is 9.47 Å². The van der Waals surface area contributed by atoms with Crippen molar-refractivity contribution < 1.29 is 24.2 Å². The van der Waals surface area contributed by atoms with Crippen LogP contribution in [0.15, 0.2) is 0 Å². The summed E-state index contributed by atoms with van der Waals surface area (Å²) < 4.78 is 9.04. The molecule has 1 atom stereocenters. The van der Waals surface area contributed by atoms with Crippen molar-refractivity contribution in [1.82, 2.24) is 0 Å². The monoisotopic (exact) mass is 204 g/mol. The second-order valence-corrected chi connectivity index (χ2v) is 2.72. The first-order chi connectivity index (χ1) is 6.61. The van der Waals surface area contributed by atoms with Crippen LogP contribution in [0.1, 0.15) is 26.7 Å². The SMILES string of the molecule is CCCC(O)C(=O)OCC(=O)OCC. The van der Waals surface area contributed by atoms with Crippen molar-refractivity contribution in [2.24, 2.45) is 0 Å². The zero-order valence-electron chi connectivity index (χ0n) is 8.49. The molecule has 5 nitrogen and oxygen atoms in total. The Kier molecular flexibility index (Phi) is 6.74. The van der Waals surface area contributed by atoms with Crippen LogP contribution in [0.4, 0.5) is 0 Å². The molecule has 0 saturated heterocycles. The van der Waals surface area contributed by atoms with E-state index in [9.17, 15) is 9.59 Å². The lowest BCUT2D eigenvalue weighted by molar-refractivity contribution is -0.164. The van der Waals surface area contributed by atoms with Crippen LogP contribution in [-0.4, -0.2) is 36.4 Å². The standard InChI is InChI=1S/C9H16O5/c1-3-5-7(10)9(12)14-6-8(11)13-4-2/h7,10H,3-6H2,1-2H3. The first-order valence-corrected chi connectivity index (χ1v) is 4.62. The lowest BCUT2D eigenvalue weighted by atomic mass is 10.2. The summed E-state index contributed by atoms with van der Waals surface area (Å²) >= 11 is 0. The third-order valence-corrected chi connectivity index (χ3v) is 1.47. The number of hydrogen-bond donors (Lipinski definition) is 1. The van der Waals surface area contributed by atoms with Crippen LogP contribution in [0.25, 0.3) is 0 Å². The van der Waals surface area contributed by atoms with Crippen LogP contribution in [0, 0.1) is 0 Å². The molecule has 5 heteroatoms. The fourth-order valence-electron chi connectivity index (χ4n) is 0.820. The van der Waals surface area contributed by atoms with Crippen LogP contribution in [0.2, 0.25) is 0 Å². The molecule has 82 valence electrons. The minimum absolute atomic E-state index is 0.244. The summed E-state index contributed by atoms with van der Waals surface area (Å²) in [7, 11) is 0. The molecule has 1 unspecified atom stereocenters. The second kappa shape index (κ2) is 7.32. The van der Waals surface area contributed by atoms with Gasteiger partial charge in [0.2, 0.25) is 0 Å². The molecule has 0 spiro atoms. The Balaban J connectivity index is 3.67. The van der Waals surface area contributed by atoms with Gasteiger partial charge in [-0.3, -0.25) is 0 Å². The molecule has 0 amide bonds. The Bertz CT molecular complexity index is 190. The largest absolute Gasteiger partial charge is 0.463 e. The van der Waals surface area contributed by atoms with Crippen LogP contribution < -0.4 is 0 Å². The molecule has 0 aromatic rings. The highest BCUT2D eigenvalue weighted by atomic mass is 16.6. The van der Waals surface area contributed by atoms with Gasteiger partial charge >= 0.3 is 11.9 Å². The smallest absolute Gasteiger partial charge is 0.344 e. The fraction of sp³-hybridized carbons (Fsp3) is 0.778. The highest BCUT2D eigenvalue weighted by Crippen LogP contribution is 1.98. The van der Waals surface area contributed by atoms with E-state index in [0.29, 0.717) is 12.8 Å². The summed E-state index contributed by atoms with van der Waals surface area (Å²) in [5, 5.41) is 9.13. The summed E-state index contributed by atoms with van der Waals surface area (Å²) in [4.78, 5) is 21.7. The fourth-order valence-corrected chi connectivity index (χ4v) is 0.820. The molecule has 0 aromatic carbocycles. The zero-order valence-corrected chi connectivity index (χ0v) is 8.49. The summed E-state index contributed by atoms with van der Waals surface area (Å²) in [6.07, 6.45) is -0.133. The Morgan fingerprint density at radius 2 is 1.93 bits per heavy atom. The van der Waals surface area contributed by atoms with E-state index in [-0.39, 0.29) is 6.61 Å². The van der Waals surface area contributed by atoms with E-state index in [1.54, 1.807) is 6.92 Å². The maximum Gasteiger partial charge on any atom is 0.344 e. The quantitative estimate of drug-likeness (QED) is 0.628. The molecule has 0 heterocycles. The van der Waals surface area contributed by atoms with Gasteiger partial charge in [0.05, 0.1) is 6.61 Å². The lowest BCUT2D eigenvalue weighted by Crippen LogP contribution is -2.26. The summed E-state index contributed by atoms with van der Waals surface area (Å²) in [6, 6.07) is 0. The lowest BCUT2D eigenvalue weighted by Gasteiger charge is -2.08. The molecule has 0 saturated carbocycles. The molecule has 0 fully saturated rings. The second-order valence-electron chi connectivity index (χ2n) is 2.72. The van der Waals surface area contributed by atoms with E-state index < -0.39 is 24.6 Å². The van der Waals surface area contributed by atoms with Gasteiger partial charge in [0.25, 0.3) is 0 Å². The number of esters is 2. The Labute approximate surface area is 83.0 Å². The highest BCUT2D eigenvalue weighted by Gasteiger charge is 2.16. The van der Waals surface area contributed by atoms with Gasteiger partial charge in [0.1, 0.15) is 0 Å². The van der Waals surface area contributed by atoms with Crippen LogP contribution in [0.5, 0.6) is 0 Å². The first-order valence-electron chi connectivity index (χ1n) is 4.62. The van der Waals surface area contributed by atoms with E-state index in [0.717, 1.165) is 0 Å².